The van der Waals surface area contributed by atoms with Gasteiger partial charge in [-0.15, -0.1) is 0 Å². The van der Waals surface area contributed by atoms with E-state index in [1.165, 1.54) is 55.2 Å². The predicted molar refractivity (Wildman–Crippen MR) is 253 cm³/mol. The van der Waals surface area contributed by atoms with Crippen LogP contribution in [-0.2, 0) is 19.1 Å². The quantitative estimate of drug-likeness (QED) is 0.125. The lowest BCUT2D eigenvalue weighted by atomic mass is 9.49. The predicted octanol–water partition coefficient (Wildman–Crippen LogP) is 14.4. The SMILES string of the molecule is CCC(C)c1ccc(OC(C)(C)CC)cc1.CCC(C)c1ccc(OCC(=O)OC(C)(C)C)cc1.CCC(C)c1ccc(OCC(=O)OC2(CC)C3CC4CC(C3)CC2C4)cc1. The van der Waals surface area contributed by atoms with Crippen LogP contribution in [0.25, 0.3) is 0 Å². The molecule has 0 amide bonds. The maximum atomic E-state index is 12.6. The molecule has 4 bridgehead atoms. The van der Waals surface area contributed by atoms with Crippen molar-refractivity contribution in [2.45, 2.75) is 189 Å². The molecule has 62 heavy (non-hydrogen) atoms. The van der Waals surface area contributed by atoms with Crippen molar-refractivity contribution in [1.82, 2.24) is 0 Å². The van der Waals surface area contributed by atoms with Gasteiger partial charge in [0, 0.05) is 0 Å². The Morgan fingerprint density at radius 1 is 0.565 bits per heavy atom. The fourth-order valence-electron chi connectivity index (χ4n) is 9.44. The first-order valence-corrected chi connectivity index (χ1v) is 24.0. The van der Waals surface area contributed by atoms with Gasteiger partial charge in [0.15, 0.2) is 13.2 Å². The minimum absolute atomic E-state index is 0.0106. The Morgan fingerprint density at radius 3 is 1.27 bits per heavy atom. The highest BCUT2D eigenvalue weighted by atomic mass is 16.6. The molecule has 0 aliphatic heterocycles. The van der Waals surface area contributed by atoms with Crippen LogP contribution < -0.4 is 14.2 Å². The third-order valence-electron chi connectivity index (χ3n) is 13.9. The van der Waals surface area contributed by atoms with Crippen LogP contribution in [0, 0.1) is 23.7 Å². The van der Waals surface area contributed by atoms with Crippen molar-refractivity contribution >= 4 is 11.9 Å². The minimum atomic E-state index is -0.471. The summed E-state index contributed by atoms with van der Waals surface area (Å²) in [5.41, 5.74) is 3.22. The molecule has 4 saturated carbocycles. The molecule has 7 nitrogen and oxygen atoms in total. The summed E-state index contributed by atoms with van der Waals surface area (Å²) in [6, 6.07) is 24.5. The van der Waals surface area contributed by atoms with Crippen molar-refractivity contribution in [1.29, 1.82) is 0 Å². The van der Waals surface area contributed by atoms with Crippen LogP contribution in [0.4, 0.5) is 0 Å². The van der Waals surface area contributed by atoms with E-state index in [1.54, 1.807) is 0 Å². The Balaban J connectivity index is 0.000000214. The summed E-state index contributed by atoms with van der Waals surface area (Å²) in [5, 5.41) is 0. The molecule has 7 heteroatoms. The molecule has 0 aromatic heterocycles. The molecule has 0 heterocycles. The minimum Gasteiger partial charge on any atom is -0.488 e. The third-order valence-corrected chi connectivity index (χ3v) is 13.9. The van der Waals surface area contributed by atoms with Crippen LogP contribution in [-0.4, -0.2) is 42.0 Å². The zero-order valence-electron chi connectivity index (χ0n) is 40.8. The summed E-state index contributed by atoms with van der Waals surface area (Å²) in [6.07, 6.45) is 11.8. The van der Waals surface area contributed by atoms with Gasteiger partial charge in [-0.2, -0.15) is 0 Å². The highest BCUT2D eigenvalue weighted by molar-refractivity contribution is 5.72. The molecule has 3 unspecified atom stereocenters. The number of carbonyl (C=O) groups is 2. The summed E-state index contributed by atoms with van der Waals surface area (Å²) < 4.78 is 28.4. The Hall–Kier alpha value is -4.00. The molecule has 4 fully saturated rings. The summed E-state index contributed by atoms with van der Waals surface area (Å²) in [5.74, 6) is 6.48. The zero-order valence-corrected chi connectivity index (χ0v) is 40.8. The van der Waals surface area contributed by atoms with Crippen molar-refractivity contribution < 1.29 is 33.3 Å². The monoisotopic (exact) mass is 855 g/mol. The second kappa shape index (κ2) is 23.1. The van der Waals surface area contributed by atoms with E-state index >= 15 is 0 Å². The molecule has 0 saturated heterocycles. The molecule has 0 spiro atoms. The highest BCUT2D eigenvalue weighted by Gasteiger charge is 2.58. The lowest BCUT2D eigenvalue weighted by Crippen LogP contribution is -2.59. The van der Waals surface area contributed by atoms with Gasteiger partial charge in [-0.1, -0.05) is 91.8 Å². The lowest BCUT2D eigenvalue weighted by Gasteiger charge is -2.60. The summed E-state index contributed by atoms with van der Waals surface area (Å²) in [6.45, 7) is 27.3. The maximum absolute atomic E-state index is 12.6. The largest absolute Gasteiger partial charge is 0.488 e. The van der Waals surface area contributed by atoms with E-state index in [1.807, 2.05) is 57.2 Å². The Bertz CT molecular complexity index is 1760. The first kappa shape index (κ1) is 50.6. The first-order valence-electron chi connectivity index (χ1n) is 24.0. The van der Waals surface area contributed by atoms with Crippen LogP contribution in [0.3, 0.4) is 0 Å². The molecular weight excluding hydrogens is 773 g/mol. The molecule has 4 aliphatic rings. The summed E-state index contributed by atoms with van der Waals surface area (Å²) in [7, 11) is 0. The van der Waals surface area contributed by atoms with E-state index in [-0.39, 0.29) is 36.4 Å². The number of hydrogen-bond donors (Lipinski definition) is 0. The number of ether oxygens (including phenoxy) is 5. The average Bonchev–Trinajstić information content (AvgIpc) is 3.25. The fourth-order valence-corrected chi connectivity index (χ4v) is 9.44. The van der Waals surface area contributed by atoms with Gasteiger partial charge in [0.1, 0.15) is 34.1 Å². The van der Waals surface area contributed by atoms with E-state index in [2.05, 4.69) is 106 Å². The van der Waals surface area contributed by atoms with Crippen molar-refractivity contribution in [3.63, 3.8) is 0 Å². The second-order valence-electron chi connectivity index (χ2n) is 20.1. The van der Waals surface area contributed by atoms with Gasteiger partial charge in [0.25, 0.3) is 0 Å². The van der Waals surface area contributed by atoms with Gasteiger partial charge < -0.3 is 23.7 Å². The Morgan fingerprint density at radius 2 is 0.935 bits per heavy atom. The standard InChI is InChI=1S/C24H34O3.C16H24O3.C15H24O/c1-4-16(3)19-6-8-22(9-7-19)26-15-23(25)27-24(5-2)20-11-17-10-18(13-20)14-21(24)12-17;1-6-12(2)13-7-9-14(10-8-13)18-11-15(17)19-16(3,4)5;1-6-12(3)13-8-10-14(11-9-13)16-15(4,5)7-2/h6-9,16-18,20-21H,4-5,10-15H2,1-3H3;7-10,12H,6,11H2,1-5H3;8-12H,6-7H2,1-5H3. The number of hydrogen-bond acceptors (Lipinski definition) is 7. The molecule has 3 atom stereocenters. The highest BCUT2D eigenvalue weighted by Crippen LogP contribution is 2.60. The third kappa shape index (κ3) is 14.8. The van der Waals surface area contributed by atoms with E-state index < -0.39 is 5.60 Å². The van der Waals surface area contributed by atoms with Gasteiger partial charge in [-0.3, -0.25) is 0 Å². The summed E-state index contributed by atoms with van der Waals surface area (Å²) >= 11 is 0. The number of rotatable bonds is 17. The van der Waals surface area contributed by atoms with E-state index in [0.29, 0.717) is 35.3 Å². The van der Waals surface area contributed by atoms with Crippen molar-refractivity contribution in [2.75, 3.05) is 13.2 Å². The smallest absolute Gasteiger partial charge is 0.344 e. The van der Waals surface area contributed by atoms with Crippen molar-refractivity contribution in [3.05, 3.63) is 89.5 Å². The van der Waals surface area contributed by atoms with E-state index in [9.17, 15) is 9.59 Å². The van der Waals surface area contributed by atoms with Gasteiger partial charge >= 0.3 is 11.9 Å². The number of benzene rings is 3. The summed E-state index contributed by atoms with van der Waals surface area (Å²) in [4.78, 5) is 24.2. The van der Waals surface area contributed by atoms with Crippen LogP contribution in [0.2, 0.25) is 0 Å². The molecular formula is C55H82O7. The molecule has 3 aromatic carbocycles. The molecule has 0 radical (unpaired) electrons. The fraction of sp³-hybridized carbons (Fsp3) is 0.636. The van der Waals surface area contributed by atoms with E-state index in [4.69, 9.17) is 23.7 Å². The molecule has 3 aromatic rings. The topological polar surface area (TPSA) is 80.3 Å². The van der Waals surface area contributed by atoms with Gasteiger partial charge in [-0.25, -0.2) is 9.59 Å². The second-order valence-corrected chi connectivity index (χ2v) is 20.1. The van der Waals surface area contributed by atoms with Crippen LogP contribution in [0.1, 0.15) is 189 Å². The molecule has 344 valence electrons. The van der Waals surface area contributed by atoms with Crippen LogP contribution >= 0.6 is 0 Å². The zero-order chi connectivity index (χ0) is 45.7. The van der Waals surface area contributed by atoms with Crippen molar-refractivity contribution in [2.24, 2.45) is 23.7 Å². The number of carbonyl (C=O) groups excluding carboxylic acids is 2. The van der Waals surface area contributed by atoms with Crippen molar-refractivity contribution in [3.8, 4) is 17.2 Å². The van der Waals surface area contributed by atoms with Gasteiger partial charge in [0.2, 0.25) is 0 Å². The molecule has 0 N–H and O–H groups in total. The van der Waals surface area contributed by atoms with Gasteiger partial charge in [-0.05, 0) is 193 Å². The molecule has 4 aliphatic carbocycles. The van der Waals surface area contributed by atoms with Crippen LogP contribution in [0.15, 0.2) is 72.8 Å². The first-order chi connectivity index (χ1) is 29.3. The van der Waals surface area contributed by atoms with Gasteiger partial charge in [0.05, 0.1) is 0 Å². The normalized spacial score (nSPS) is 22.7. The van der Waals surface area contributed by atoms with E-state index in [0.717, 1.165) is 49.0 Å². The average molecular weight is 855 g/mol. The number of esters is 2. The maximum Gasteiger partial charge on any atom is 0.344 e. The Labute approximate surface area is 376 Å². The lowest BCUT2D eigenvalue weighted by molar-refractivity contribution is -0.212. The van der Waals surface area contributed by atoms with Crippen LogP contribution in [0.5, 0.6) is 17.2 Å². The molecule has 7 rings (SSSR count). The Kier molecular flexibility index (Phi) is 18.9.